The van der Waals surface area contributed by atoms with E-state index < -0.39 is 0 Å². The number of ether oxygens (including phenoxy) is 1. The van der Waals surface area contributed by atoms with Crippen molar-refractivity contribution >= 4 is 29.1 Å². The maximum absolute atomic E-state index is 12.8. The van der Waals surface area contributed by atoms with E-state index >= 15 is 0 Å². The molecule has 0 aliphatic carbocycles. The van der Waals surface area contributed by atoms with Crippen LogP contribution in [0.3, 0.4) is 0 Å². The van der Waals surface area contributed by atoms with Crippen LogP contribution < -0.4 is 4.74 Å². The first kappa shape index (κ1) is 19.3. The third kappa shape index (κ3) is 5.75. The van der Waals surface area contributed by atoms with Gasteiger partial charge in [0.25, 0.3) is 5.91 Å². The summed E-state index contributed by atoms with van der Waals surface area (Å²) in [4.78, 5) is 14.6. The maximum atomic E-state index is 12.8. The van der Waals surface area contributed by atoms with Crippen molar-refractivity contribution in [2.45, 2.75) is 13.1 Å². The number of carbonyl (C=O) groups excluding carboxylic acids is 1. The van der Waals surface area contributed by atoms with E-state index in [1.54, 1.807) is 23.1 Å². The molecule has 0 heterocycles. The average Bonchev–Trinajstić information content (AvgIpc) is 2.68. The van der Waals surface area contributed by atoms with E-state index in [1.807, 2.05) is 60.7 Å². The Kier molecular flexibility index (Phi) is 6.74. The Hall–Kier alpha value is -2.49. The van der Waals surface area contributed by atoms with Gasteiger partial charge in [0.05, 0.1) is 5.02 Å². The molecule has 0 spiro atoms. The Morgan fingerprint density at radius 3 is 1.89 bits per heavy atom. The lowest BCUT2D eigenvalue weighted by Crippen LogP contribution is -2.34. The number of benzene rings is 3. The molecule has 0 aliphatic rings. The lowest BCUT2D eigenvalue weighted by Gasteiger charge is -2.23. The largest absolute Gasteiger partial charge is 0.482 e. The zero-order valence-corrected chi connectivity index (χ0v) is 16.2. The Bertz CT molecular complexity index is 844. The predicted molar refractivity (Wildman–Crippen MR) is 109 cm³/mol. The first-order valence-electron chi connectivity index (χ1n) is 8.55. The highest BCUT2D eigenvalue weighted by molar-refractivity contribution is 6.35. The molecule has 0 N–H and O–H groups in total. The SMILES string of the molecule is O=C(COc1ccc(Cl)cc1Cl)N(Cc1ccccc1)Cc1ccccc1. The lowest BCUT2D eigenvalue weighted by atomic mass is 10.1. The van der Waals surface area contributed by atoms with Gasteiger partial charge in [0, 0.05) is 18.1 Å². The van der Waals surface area contributed by atoms with Crippen molar-refractivity contribution in [3.8, 4) is 5.75 Å². The number of rotatable bonds is 7. The summed E-state index contributed by atoms with van der Waals surface area (Å²) in [6.45, 7) is 0.916. The molecule has 1 amide bonds. The van der Waals surface area contributed by atoms with Gasteiger partial charge in [0.2, 0.25) is 0 Å². The molecular weight excluding hydrogens is 381 g/mol. The van der Waals surface area contributed by atoms with E-state index in [0.717, 1.165) is 11.1 Å². The second kappa shape index (κ2) is 9.45. The molecule has 5 heteroatoms. The molecule has 0 radical (unpaired) electrons. The lowest BCUT2D eigenvalue weighted by molar-refractivity contribution is -0.134. The predicted octanol–water partition coefficient (Wildman–Crippen LogP) is 5.60. The second-order valence-electron chi connectivity index (χ2n) is 6.08. The van der Waals surface area contributed by atoms with Crippen molar-refractivity contribution in [1.82, 2.24) is 4.90 Å². The number of nitrogens with zero attached hydrogens (tertiary/aromatic N) is 1. The fraction of sp³-hybridized carbons (Fsp3) is 0.136. The standard InChI is InChI=1S/C22H19Cl2NO2/c23-19-11-12-21(20(24)13-19)27-16-22(26)25(14-17-7-3-1-4-8-17)15-18-9-5-2-6-10-18/h1-13H,14-16H2. The topological polar surface area (TPSA) is 29.5 Å². The zero-order valence-electron chi connectivity index (χ0n) is 14.6. The van der Waals surface area contributed by atoms with Crippen LogP contribution in [-0.2, 0) is 17.9 Å². The molecule has 0 saturated heterocycles. The van der Waals surface area contributed by atoms with Crippen LogP contribution in [-0.4, -0.2) is 17.4 Å². The Morgan fingerprint density at radius 1 is 0.815 bits per heavy atom. The normalized spacial score (nSPS) is 10.4. The number of halogens is 2. The zero-order chi connectivity index (χ0) is 19.1. The van der Waals surface area contributed by atoms with Crippen LogP contribution in [0.2, 0.25) is 10.0 Å². The molecule has 0 unspecified atom stereocenters. The van der Waals surface area contributed by atoms with Crippen LogP contribution in [0.15, 0.2) is 78.9 Å². The summed E-state index contributed by atoms with van der Waals surface area (Å²) in [6, 6.07) is 24.7. The van der Waals surface area contributed by atoms with Crippen LogP contribution in [0.1, 0.15) is 11.1 Å². The van der Waals surface area contributed by atoms with Gasteiger partial charge in [0.15, 0.2) is 6.61 Å². The summed E-state index contributed by atoms with van der Waals surface area (Å²) in [5.74, 6) is 0.322. The first-order chi connectivity index (χ1) is 13.1. The van der Waals surface area contributed by atoms with Crippen molar-refractivity contribution in [3.05, 3.63) is 100 Å². The monoisotopic (exact) mass is 399 g/mol. The van der Waals surface area contributed by atoms with Crippen molar-refractivity contribution < 1.29 is 9.53 Å². The molecule has 27 heavy (non-hydrogen) atoms. The van der Waals surface area contributed by atoms with E-state index in [9.17, 15) is 4.79 Å². The van der Waals surface area contributed by atoms with Crippen LogP contribution in [0.5, 0.6) is 5.75 Å². The molecule has 0 aromatic heterocycles. The molecule has 3 nitrogen and oxygen atoms in total. The molecule has 0 bridgehead atoms. The quantitative estimate of drug-likeness (QED) is 0.517. The van der Waals surface area contributed by atoms with Gasteiger partial charge in [-0.15, -0.1) is 0 Å². The number of carbonyl (C=O) groups is 1. The highest BCUT2D eigenvalue weighted by Crippen LogP contribution is 2.27. The number of hydrogen-bond acceptors (Lipinski definition) is 2. The molecule has 3 rings (SSSR count). The highest BCUT2D eigenvalue weighted by Gasteiger charge is 2.16. The molecule has 3 aromatic rings. The maximum Gasteiger partial charge on any atom is 0.261 e. The number of hydrogen-bond donors (Lipinski definition) is 0. The number of amides is 1. The summed E-state index contributed by atoms with van der Waals surface area (Å²) in [6.07, 6.45) is 0. The first-order valence-corrected chi connectivity index (χ1v) is 9.31. The van der Waals surface area contributed by atoms with Crippen LogP contribution in [0.4, 0.5) is 0 Å². The van der Waals surface area contributed by atoms with Gasteiger partial charge in [-0.25, -0.2) is 0 Å². The van der Waals surface area contributed by atoms with Crippen molar-refractivity contribution in [3.63, 3.8) is 0 Å². The average molecular weight is 400 g/mol. The Morgan fingerprint density at radius 2 is 1.37 bits per heavy atom. The third-order valence-electron chi connectivity index (χ3n) is 4.03. The Labute approximate surface area is 169 Å². The highest BCUT2D eigenvalue weighted by atomic mass is 35.5. The molecular formula is C22H19Cl2NO2. The molecule has 138 valence electrons. The molecule has 3 aromatic carbocycles. The summed E-state index contributed by atoms with van der Waals surface area (Å²) in [5, 5.41) is 0.904. The van der Waals surface area contributed by atoms with Crippen molar-refractivity contribution in [2.75, 3.05) is 6.61 Å². The molecule has 0 saturated carbocycles. The van der Waals surface area contributed by atoms with Crippen LogP contribution in [0.25, 0.3) is 0 Å². The fourth-order valence-corrected chi connectivity index (χ4v) is 3.13. The van der Waals surface area contributed by atoms with E-state index in [1.165, 1.54) is 0 Å². The summed E-state index contributed by atoms with van der Waals surface area (Å²) < 4.78 is 5.63. The van der Waals surface area contributed by atoms with Gasteiger partial charge >= 0.3 is 0 Å². The second-order valence-corrected chi connectivity index (χ2v) is 6.93. The summed E-state index contributed by atoms with van der Waals surface area (Å²) >= 11 is 12.0. The minimum Gasteiger partial charge on any atom is -0.482 e. The van der Waals surface area contributed by atoms with E-state index in [0.29, 0.717) is 28.9 Å². The summed E-state index contributed by atoms with van der Waals surface area (Å²) in [5.41, 5.74) is 2.12. The fourth-order valence-electron chi connectivity index (χ4n) is 2.66. The molecule has 0 fully saturated rings. The van der Waals surface area contributed by atoms with Gasteiger partial charge in [-0.2, -0.15) is 0 Å². The van der Waals surface area contributed by atoms with Gasteiger partial charge in [-0.1, -0.05) is 83.9 Å². The van der Waals surface area contributed by atoms with E-state index in [-0.39, 0.29) is 12.5 Å². The third-order valence-corrected chi connectivity index (χ3v) is 4.56. The van der Waals surface area contributed by atoms with Gasteiger partial charge < -0.3 is 9.64 Å². The summed E-state index contributed by atoms with van der Waals surface area (Å²) in [7, 11) is 0. The Balaban J connectivity index is 1.71. The van der Waals surface area contributed by atoms with E-state index in [2.05, 4.69) is 0 Å². The van der Waals surface area contributed by atoms with Gasteiger partial charge in [0.1, 0.15) is 5.75 Å². The smallest absolute Gasteiger partial charge is 0.261 e. The van der Waals surface area contributed by atoms with Crippen molar-refractivity contribution in [2.24, 2.45) is 0 Å². The van der Waals surface area contributed by atoms with Gasteiger partial charge in [-0.3, -0.25) is 4.79 Å². The van der Waals surface area contributed by atoms with Crippen LogP contribution in [0, 0.1) is 0 Å². The minimum atomic E-state index is -0.117. The molecule has 0 atom stereocenters. The van der Waals surface area contributed by atoms with Crippen LogP contribution >= 0.6 is 23.2 Å². The molecule has 0 aliphatic heterocycles. The minimum absolute atomic E-state index is 0.0962. The van der Waals surface area contributed by atoms with Gasteiger partial charge in [-0.05, 0) is 29.3 Å². The van der Waals surface area contributed by atoms with Crippen molar-refractivity contribution in [1.29, 1.82) is 0 Å². The van der Waals surface area contributed by atoms with E-state index in [4.69, 9.17) is 27.9 Å².